The van der Waals surface area contributed by atoms with Crippen LogP contribution in [0.3, 0.4) is 0 Å². The first-order valence-corrected chi connectivity index (χ1v) is 7.31. The molecule has 0 spiro atoms. The number of aromatic amines is 1. The van der Waals surface area contributed by atoms with E-state index >= 15 is 0 Å². The number of nitrogens with zero attached hydrogens (tertiary/aromatic N) is 1. The van der Waals surface area contributed by atoms with Crippen molar-refractivity contribution in [3.63, 3.8) is 0 Å². The second kappa shape index (κ2) is 6.56. The van der Waals surface area contributed by atoms with E-state index in [0.29, 0.717) is 11.2 Å². The summed E-state index contributed by atoms with van der Waals surface area (Å²) in [5, 5.41) is 2.80. The molecule has 0 bridgehead atoms. The Morgan fingerprint density at radius 3 is 2.80 bits per heavy atom. The number of anilines is 1. The molecule has 0 radical (unpaired) electrons. The second-order valence-electron chi connectivity index (χ2n) is 5.38. The Morgan fingerprint density at radius 2 is 2.16 bits per heavy atom. The molecular weight excluding hydrogens is 335 g/mol. The number of hydrogen-bond donors (Lipinski definition) is 2. The van der Waals surface area contributed by atoms with Crippen LogP contribution < -0.4 is 5.32 Å². The Bertz CT molecular complexity index is 905. The van der Waals surface area contributed by atoms with Crippen LogP contribution in [0.15, 0.2) is 42.9 Å². The van der Waals surface area contributed by atoms with Crippen LogP contribution in [0.4, 0.5) is 18.9 Å². The lowest BCUT2D eigenvalue weighted by Crippen LogP contribution is -2.13. The highest BCUT2D eigenvalue weighted by molar-refractivity contribution is 6.13. The number of fused-ring (bicyclic) bond motifs is 1. The van der Waals surface area contributed by atoms with Gasteiger partial charge in [-0.15, -0.1) is 0 Å². The average molecular weight is 349 g/mol. The zero-order chi connectivity index (χ0) is 18.0. The van der Waals surface area contributed by atoms with Gasteiger partial charge in [-0.3, -0.25) is 9.78 Å². The number of halogens is 3. The van der Waals surface area contributed by atoms with Crippen LogP contribution in [-0.2, 0) is 17.5 Å². The summed E-state index contributed by atoms with van der Waals surface area (Å²) >= 11 is 0. The molecule has 0 unspecified atom stereocenters. The van der Waals surface area contributed by atoms with Crippen molar-refractivity contribution in [1.29, 1.82) is 0 Å². The van der Waals surface area contributed by atoms with E-state index in [1.54, 1.807) is 18.3 Å². The first-order chi connectivity index (χ1) is 11.9. The van der Waals surface area contributed by atoms with Gasteiger partial charge in [0.25, 0.3) is 5.91 Å². The topological polar surface area (TPSA) is 67.0 Å². The monoisotopic (exact) mass is 349 g/mol. The number of carbonyl (C=O) groups excluding carboxylic acids is 1. The highest BCUT2D eigenvalue weighted by Gasteiger charge is 2.34. The third-order valence-electron chi connectivity index (χ3n) is 3.67. The first kappa shape index (κ1) is 17.0. The molecule has 25 heavy (non-hydrogen) atoms. The molecule has 0 aliphatic rings. The summed E-state index contributed by atoms with van der Waals surface area (Å²) in [6.07, 6.45) is -0.164. The summed E-state index contributed by atoms with van der Waals surface area (Å²) in [4.78, 5) is 19.1. The Hall–Kier alpha value is -2.87. The minimum Gasteiger partial charge on any atom is -0.380 e. The maximum atomic E-state index is 13.3. The van der Waals surface area contributed by atoms with E-state index in [-0.39, 0.29) is 23.1 Å². The highest BCUT2D eigenvalue weighted by atomic mass is 19.4. The maximum absolute atomic E-state index is 13.3. The number of alkyl halides is 3. The number of aromatic nitrogens is 2. The van der Waals surface area contributed by atoms with Crippen LogP contribution in [0.1, 0.15) is 21.5 Å². The molecule has 0 saturated carbocycles. The minimum atomic E-state index is -4.55. The lowest BCUT2D eigenvalue weighted by molar-refractivity contribution is -0.138. The van der Waals surface area contributed by atoms with Gasteiger partial charge in [0.2, 0.25) is 0 Å². The SMILES string of the molecule is COCc1cc2[nH]cc(C(=O)Nc3cccnc3)c2cc1C(F)(F)F. The summed E-state index contributed by atoms with van der Waals surface area (Å²) in [6.45, 7) is -0.180. The van der Waals surface area contributed by atoms with E-state index in [2.05, 4.69) is 15.3 Å². The summed E-state index contributed by atoms with van der Waals surface area (Å²) < 4.78 is 44.8. The lowest BCUT2D eigenvalue weighted by atomic mass is 10.0. The number of H-pyrrole nitrogens is 1. The molecule has 2 N–H and O–H groups in total. The summed E-state index contributed by atoms with van der Waals surface area (Å²) in [7, 11) is 1.33. The van der Waals surface area contributed by atoms with Crippen molar-refractivity contribution in [3.05, 3.63) is 59.5 Å². The number of hydrogen-bond acceptors (Lipinski definition) is 3. The predicted molar refractivity (Wildman–Crippen MR) is 86.2 cm³/mol. The van der Waals surface area contributed by atoms with Crippen molar-refractivity contribution in [3.8, 4) is 0 Å². The van der Waals surface area contributed by atoms with E-state index in [1.807, 2.05) is 0 Å². The van der Waals surface area contributed by atoms with Crippen LogP contribution in [-0.4, -0.2) is 23.0 Å². The third kappa shape index (κ3) is 3.48. The van der Waals surface area contributed by atoms with Gasteiger partial charge in [0.05, 0.1) is 29.6 Å². The van der Waals surface area contributed by atoms with Gasteiger partial charge in [0.1, 0.15) is 0 Å². The standard InChI is InChI=1S/C17H14F3N3O2/c1-25-9-10-5-15-12(6-14(10)17(18,19)20)13(8-22-15)16(24)23-11-3-2-4-21-7-11/h2-8,22H,9H2,1H3,(H,23,24). The number of methoxy groups -OCH3 is 1. The predicted octanol–water partition coefficient (Wildman–Crippen LogP) is 3.98. The molecule has 0 aliphatic carbocycles. The van der Waals surface area contributed by atoms with Crippen LogP contribution in [0.5, 0.6) is 0 Å². The third-order valence-corrected chi connectivity index (χ3v) is 3.67. The Balaban J connectivity index is 2.04. The van der Waals surface area contributed by atoms with Crippen molar-refractivity contribution < 1.29 is 22.7 Å². The molecule has 8 heteroatoms. The van der Waals surface area contributed by atoms with Gasteiger partial charge in [-0.25, -0.2) is 0 Å². The van der Waals surface area contributed by atoms with E-state index in [1.165, 1.54) is 25.6 Å². The van der Waals surface area contributed by atoms with Gasteiger partial charge in [0, 0.05) is 30.4 Å². The molecule has 0 saturated heterocycles. The van der Waals surface area contributed by atoms with Gasteiger partial charge in [0.15, 0.2) is 0 Å². The number of nitrogens with one attached hydrogen (secondary N) is 2. The number of amides is 1. The molecule has 3 rings (SSSR count). The molecule has 2 aromatic heterocycles. The molecule has 0 aliphatic heterocycles. The van der Waals surface area contributed by atoms with E-state index in [0.717, 1.165) is 6.07 Å². The number of benzene rings is 1. The fourth-order valence-corrected chi connectivity index (χ4v) is 2.58. The molecule has 3 aromatic rings. The van der Waals surface area contributed by atoms with Crippen molar-refractivity contribution >= 4 is 22.5 Å². The van der Waals surface area contributed by atoms with Gasteiger partial charge in [-0.05, 0) is 29.8 Å². The molecule has 5 nitrogen and oxygen atoms in total. The Kier molecular flexibility index (Phi) is 4.45. The van der Waals surface area contributed by atoms with Gasteiger partial charge < -0.3 is 15.0 Å². The molecule has 0 fully saturated rings. The first-order valence-electron chi connectivity index (χ1n) is 7.31. The largest absolute Gasteiger partial charge is 0.416 e. The Morgan fingerprint density at radius 1 is 1.36 bits per heavy atom. The molecule has 1 amide bonds. The van der Waals surface area contributed by atoms with Crippen LogP contribution in [0.25, 0.3) is 10.9 Å². The number of rotatable bonds is 4. The second-order valence-corrected chi connectivity index (χ2v) is 5.38. The van der Waals surface area contributed by atoms with Crippen LogP contribution in [0.2, 0.25) is 0 Å². The molecule has 130 valence electrons. The van der Waals surface area contributed by atoms with Crippen LogP contribution >= 0.6 is 0 Å². The fraction of sp³-hybridized carbons (Fsp3) is 0.176. The molecule has 0 atom stereocenters. The quantitative estimate of drug-likeness (QED) is 0.749. The van der Waals surface area contributed by atoms with Crippen molar-refractivity contribution in [1.82, 2.24) is 9.97 Å². The summed E-state index contributed by atoms with van der Waals surface area (Å²) in [5.74, 6) is -0.521. The van der Waals surface area contributed by atoms with E-state index in [4.69, 9.17) is 4.74 Å². The molecule has 1 aromatic carbocycles. The van der Waals surface area contributed by atoms with Gasteiger partial charge in [-0.1, -0.05) is 0 Å². The smallest absolute Gasteiger partial charge is 0.380 e. The average Bonchev–Trinajstić information content (AvgIpc) is 2.97. The van der Waals surface area contributed by atoms with Gasteiger partial charge in [-0.2, -0.15) is 13.2 Å². The van der Waals surface area contributed by atoms with Crippen molar-refractivity contribution in [2.75, 3.05) is 12.4 Å². The summed E-state index contributed by atoms with van der Waals surface area (Å²) in [6, 6.07) is 5.60. The Labute approximate surface area is 140 Å². The highest BCUT2D eigenvalue weighted by Crippen LogP contribution is 2.35. The van der Waals surface area contributed by atoms with Crippen LogP contribution in [0, 0.1) is 0 Å². The van der Waals surface area contributed by atoms with Crippen molar-refractivity contribution in [2.45, 2.75) is 12.8 Å². The molecule has 2 heterocycles. The van der Waals surface area contributed by atoms with Crippen molar-refractivity contribution in [2.24, 2.45) is 0 Å². The zero-order valence-electron chi connectivity index (χ0n) is 13.1. The maximum Gasteiger partial charge on any atom is 0.416 e. The van der Waals surface area contributed by atoms with E-state index in [9.17, 15) is 18.0 Å². The molecular formula is C17H14F3N3O2. The number of carbonyl (C=O) groups is 1. The normalized spacial score (nSPS) is 11.7. The minimum absolute atomic E-state index is 0.00330. The summed E-state index contributed by atoms with van der Waals surface area (Å²) in [5.41, 5.74) is 0.180. The zero-order valence-corrected chi connectivity index (χ0v) is 13.1. The lowest BCUT2D eigenvalue weighted by Gasteiger charge is -2.13. The fourth-order valence-electron chi connectivity index (χ4n) is 2.58. The number of pyridine rings is 1. The van der Waals surface area contributed by atoms with E-state index < -0.39 is 17.6 Å². The number of ether oxygens (including phenoxy) is 1. The van der Waals surface area contributed by atoms with Gasteiger partial charge >= 0.3 is 6.18 Å².